The molecule has 3 rings (SSSR count). The number of carbonyl (C=O) groups excluding carboxylic acids is 2. The van der Waals surface area contributed by atoms with E-state index in [-0.39, 0.29) is 29.5 Å². The minimum atomic E-state index is -3.69. The van der Waals surface area contributed by atoms with E-state index in [0.29, 0.717) is 24.3 Å². The molecule has 0 aromatic heterocycles. The van der Waals surface area contributed by atoms with Crippen molar-refractivity contribution in [3.05, 3.63) is 53.8 Å². The smallest absolute Gasteiger partial charge is 0.243 e. The fourth-order valence-electron chi connectivity index (χ4n) is 3.69. The van der Waals surface area contributed by atoms with Gasteiger partial charge in [-0.25, -0.2) is 12.8 Å². The topological polar surface area (TPSA) is 86.8 Å². The Morgan fingerprint density at radius 1 is 1.19 bits per heavy atom. The van der Waals surface area contributed by atoms with Crippen LogP contribution < -0.4 is 10.2 Å². The molecule has 2 aromatic rings. The van der Waals surface area contributed by atoms with Gasteiger partial charge in [-0.15, -0.1) is 0 Å². The third-order valence-corrected chi connectivity index (χ3v) is 7.61. The Hall–Kier alpha value is -2.78. The number of nitrogens with zero attached hydrogens (tertiary/aromatic N) is 2. The Balaban J connectivity index is 1.79. The number of nitrogens with one attached hydrogen (secondary N) is 1. The normalized spacial score (nSPS) is 16.7. The van der Waals surface area contributed by atoms with E-state index in [9.17, 15) is 22.4 Å². The molecule has 1 fully saturated rings. The molecule has 1 atom stereocenters. The quantitative estimate of drug-likeness (QED) is 0.706. The molecule has 1 saturated heterocycles. The molecule has 0 bridgehead atoms. The van der Waals surface area contributed by atoms with Gasteiger partial charge in [-0.3, -0.25) is 9.59 Å². The zero-order chi connectivity index (χ0) is 22.8. The van der Waals surface area contributed by atoms with Crippen molar-refractivity contribution in [3.63, 3.8) is 0 Å². The number of para-hydroxylation sites is 1. The van der Waals surface area contributed by atoms with Crippen molar-refractivity contribution in [2.45, 2.75) is 32.1 Å². The molecule has 7 nitrogen and oxygen atoms in total. The number of hydrogen-bond acceptors (Lipinski definition) is 4. The highest BCUT2D eigenvalue weighted by Crippen LogP contribution is 2.29. The van der Waals surface area contributed by atoms with Crippen molar-refractivity contribution in [1.82, 2.24) is 4.31 Å². The lowest BCUT2D eigenvalue weighted by atomic mass is 10.1. The Morgan fingerprint density at radius 3 is 2.52 bits per heavy atom. The van der Waals surface area contributed by atoms with Crippen LogP contribution in [0.5, 0.6) is 0 Å². The van der Waals surface area contributed by atoms with Crippen molar-refractivity contribution in [3.8, 4) is 0 Å². The summed E-state index contributed by atoms with van der Waals surface area (Å²) in [6, 6.07) is 10.6. The Bertz CT molecular complexity index is 1100. The highest BCUT2D eigenvalue weighted by atomic mass is 32.2. The zero-order valence-electron chi connectivity index (χ0n) is 17.8. The number of anilines is 2. The largest absolute Gasteiger partial charge is 0.326 e. The molecule has 0 saturated carbocycles. The summed E-state index contributed by atoms with van der Waals surface area (Å²) in [4.78, 5) is 26.5. The maximum atomic E-state index is 14.1. The molecule has 1 unspecified atom stereocenters. The number of benzene rings is 2. The van der Waals surface area contributed by atoms with Gasteiger partial charge in [0.25, 0.3) is 0 Å². The van der Waals surface area contributed by atoms with Crippen molar-refractivity contribution in [2.24, 2.45) is 5.92 Å². The van der Waals surface area contributed by atoms with Gasteiger partial charge in [0.2, 0.25) is 21.8 Å². The number of rotatable bonds is 7. The average molecular weight is 448 g/mol. The lowest BCUT2D eigenvalue weighted by Gasteiger charge is -2.20. The summed E-state index contributed by atoms with van der Waals surface area (Å²) in [5.41, 5.74) is 1.05. The number of amides is 2. The van der Waals surface area contributed by atoms with Crippen LogP contribution in [0.3, 0.4) is 0 Å². The van der Waals surface area contributed by atoms with Gasteiger partial charge in [0, 0.05) is 31.7 Å². The molecule has 1 aliphatic heterocycles. The second-order valence-corrected chi connectivity index (χ2v) is 9.32. The van der Waals surface area contributed by atoms with Crippen molar-refractivity contribution in [1.29, 1.82) is 0 Å². The summed E-state index contributed by atoms with van der Waals surface area (Å²) >= 11 is 0. The van der Waals surface area contributed by atoms with Crippen LogP contribution in [-0.4, -0.2) is 44.2 Å². The summed E-state index contributed by atoms with van der Waals surface area (Å²) < 4.78 is 41.2. The summed E-state index contributed by atoms with van der Waals surface area (Å²) in [6.07, 6.45) is -0.0450. The molecule has 0 spiro atoms. The molecule has 1 aliphatic rings. The lowest BCUT2D eigenvalue weighted by Crippen LogP contribution is -2.31. The molecule has 9 heteroatoms. The van der Waals surface area contributed by atoms with Gasteiger partial charge in [0.15, 0.2) is 0 Å². The molecule has 2 amide bonds. The summed E-state index contributed by atoms with van der Waals surface area (Å²) in [7, 11) is -3.69. The summed E-state index contributed by atoms with van der Waals surface area (Å²) in [5, 5.41) is 2.71. The van der Waals surface area contributed by atoms with Crippen LogP contribution >= 0.6 is 0 Å². The van der Waals surface area contributed by atoms with Gasteiger partial charge < -0.3 is 10.2 Å². The molecular weight excluding hydrogens is 421 g/mol. The minimum Gasteiger partial charge on any atom is -0.326 e. The van der Waals surface area contributed by atoms with E-state index in [1.807, 2.05) is 0 Å². The molecule has 0 aliphatic carbocycles. The Kier molecular flexibility index (Phi) is 6.76. The van der Waals surface area contributed by atoms with Crippen LogP contribution in [0.4, 0.5) is 15.8 Å². The first-order valence-electron chi connectivity index (χ1n) is 10.2. The minimum absolute atomic E-state index is 0.0450. The molecule has 0 radical (unpaired) electrons. The van der Waals surface area contributed by atoms with Gasteiger partial charge in [-0.05, 0) is 36.8 Å². The fraction of sp³-hybridized carbons (Fsp3) is 0.364. The molecular formula is C22H26FN3O4S. The van der Waals surface area contributed by atoms with Crippen LogP contribution in [-0.2, 0) is 19.6 Å². The van der Waals surface area contributed by atoms with Crippen LogP contribution in [0.2, 0.25) is 0 Å². The van der Waals surface area contributed by atoms with Crippen LogP contribution in [0.15, 0.2) is 47.4 Å². The first kappa shape index (κ1) is 22.9. The number of sulfonamides is 1. The van der Waals surface area contributed by atoms with Crippen molar-refractivity contribution >= 4 is 33.2 Å². The van der Waals surface area contributed by atoms with Crippen molar-refractivity contribution in [2.75, 3.05) is 29.9 Å². The van der Waals surface area contributed by atoms with E-state index >= 15 is 0 Å². The SMILES string of the molecule is CCN(CC)S(=O)(=O)c1cc(NC(=O)C2CC(=O)N(c3ccccc3F)C2)ccc1C. The number of hydrogen-bond donors (Lipinski definition) is 1. The number of carbonyl (C=O) groups is 2. The maximum absolute atomic E-state index is 14.1. The third kappa shape index (κ3) is 4.62. The lowest BCUT2D eigenvalue weighted by molar-refractivity contribution is -0.122. The van der Waals surface area contributed by atoms with Crippen LogP contribution in [0.1, 0.15) is 25.8 Å². The second kappa shape index (κ2) is 9.15. The summed E-state index contributed by atoms with van der Waals surface area (Å²) in [6.45, 7) is 5.96. The summed E-state index contributed by atoms with van der Waals surface area (Å²) in [5.74, 6) is -1.95. The molecule has 31 heavy (non-hydrogen) atoms. The molecule has 2 aromatic carbocycles. The zero-order valence-corrected chi connectivity index (χ0v) is 18.6. The Labute approximate surface area is 181 Å². The predicted octanol–water partition coefficient (Wildman–Crippen LogP) is 3.16. The Morgan fingerprint density at radius 2 is 1.87 bits per heavy atom. The van der Waals surface area contributed by atoms with E-state index < -0.39 is 27.7 Å². The van der Waals surface area contributed by atoms with Crippen LogP contribution in [0, 0.1) is 18.7 Å². The number of aryl methyl sites for hydroxylation is 1. The highest BCUT2D eigenvalue weighted by Gasteiger charge is 2.36. The van der Waals surface area contributed by atoms with Crippen LogP contribution in [0.25, 0.3) is 0 Å². The van der Waals surface area contributed by atoms with Crippen molar-refractivity contribution < 1.29 is 22.4 Å². The second-order valence-electron chi connectivity index (χ2n) is 7.42. The van der Waals surface area contributed by atoms with Gasteiger partial charge >= 0.3 is 0 Å². The maximum Gasteiger partial charge on any atom is 0.243 e. The first-order valence-corrected chi connectivity index (χ1v) is 11.6. The standard InChI is InChI=1S/C22H26FN3O4S/c1-4-25(5-2)31(29,30)20-13-17(11-10-15(20)3)24-22(28)16-12-21(27)26(14-16)19-9-7-6-8-18(19)23/h6-11,13,16H,4-5,12,14H2,1-3H3,(H,24,28). The van der Waals surface area contributed by atoms with Gasteiger partial charge in [0.1, 0.15) is 5.82 Å². The van der Waals surface area contributed by atoms with E-state index in [2.05, 4.69) is 5.32 Å². The monoisotopic (exact) mass is 447 g/mol. The van der Waals surface area contributed by atoms with Gasteiger partial charge in [0.05, 0.1) is 16.5 Å². The first-order chi connectivity index (χ1) is 14.7. The van der Waals surface area contributed by atoms with Gasteiger partial charge in [-0.2, -0.15) is 4.31 Å². The van der Waals surface area contributed by atoms with E-state index in [1.165, 1.54) is 33.5 Å². The van der Waals surface area contributed by atoms with E-state index in [0.717, 1.165) is 0 Å². The molecule has 1 heterocycles. The predicted molar refractivity (Wildman–Crippen MR) is 117 cm³/mol. The highest BCUT2D eigenvalue weighted by molar-refractivity contribution is 7.89. The fourth-order valence-corrected chi connectivity index (χ4v) is 5.40. The molecule has 1 N–H and O–H groups in total. The molecule has 166 valence electrons. The number of halogens is 1. The van der Waals surface area contributed by atoms with E-state index in [1.54, 1.807) is 39.0 Å². The average Bonchev–Trinajstić information content (AvgIpc) is 3.12. The van der Waals surface area contributed by atoms with Gasteiger partial charge in [-0.1, -0.05) is 32.0 Å². The van der Waals surface area contributed by atoms with E-state index in [4.69, 9.17) is 0 Å². The third-order valence-electron chi connectivity index (χ3n) is 5.42.